The summed E-state index contributed by atoms with van der Waals surface area (Å²) in [4.78, 5) is 0. The van der Waals surface area contributed by atoms with Gasteiger partial charge >= 0.3 is 0 Å². The summed E-state index contributed by atoms with van der Waals surface area (Å²) in [6.45, 7) is 0. The van der Waals surface area contributed by atoms with Gasteiger partial charge in [-0.1, -0.05) is 12.1 Å². The Labute approximate surface area is 135 Å². The van der Waals surface area contributed by atoms with Crippen LogP contribution in [0, 0.1) is 2.88 Å². The number of benzene rings is 1. The summed E-state index contributed by atoms with van der Waals surface area (Å²) in [5.74, 6) is 0. The van der Waals surface area contributed by atoms with E-state index in [1.54, 1.807) is 22.7 Å². The SMILES string of the molecule is OC(c1csc(I)c1)c1csc2c(Br)cccc12. The topological polar surface area (TPSA) is 20.2 Å². The molecule has 0 radical (unpaired) electrons. The molecule has 1 unspecified atom stereocenters. The number of hydrogen-bond acceptors (Lipinski definition) is 3. The lowest BCUT2D eigenvalue weighted by molar-refractivity contribution is 0.223. The molecule has 2 aromatic heterocycles. The van der Waals surface area contributed by atoms with Gasteiger partial charge in [-0.15, -0.1) is 22.7 Å². The Balaban J connectivity index is 2.12. The number of aliphatic hydroxyl groups is 1. The molecule has 0 fully saturated rings. The third-order valence-electron chi connectivity index (χ3n) is 2.78. The van der Waals surface area contributed by atoms with E-state index in [0.29, 0.717) is 0 Å². The summed E-state index contributed by atoms with van der Waals surface area (Å²) in [7, 11) is 0. The van der Waals surface area contributed by atoms with Gasteiger partial charge in [0.05, 0.1) is 2.88 Å². The molecule has 0 spiro atoms. The van der Waals surface area contributed by atoms with E-state index in [4.69, 9.17) is 0 Å². The van der Waals surface area contributed by atoms with E-state index in [-0.39, 0.29) is 0 Å². The minimum absolute atomic E-state index is 0.534. The van der Waals surface area contributed by atoms with Gasteiger partial charge in [0, 0.05) is 14.7 Å². The first kappa shape index (κ1) is 13.1. The van der Waals surface area contributed by atoms with Gasteiger partial charge in [-0.2, -0.15) is 0 Å². The normalized spacial score (nSPS) is 13.1. The lowest BCUT2D eigenvalue weighted by Crippen LogP contribution is -1.96. The number of thiophene rings is 2. The molecule has 1 aromatic carbocycles. The summed E-state index contributed by atoms with van der Waals surface area (Å²) >= 11 is 9.15. The molecule has 5 heteroatoms. The van der Waals surface area contributed by atoms with Crippen molar-refractivity contribution in [2.24, 2.45) is 0 Å². The van der Waals surface area contributed by atoms with E-state index in [1.807, 2.05) is 29.0 Å². The first-order valence-corrected chi connectivity index (χ1v) is 8.87. The summed E-state index contributed by atoms with van der Waals surface area (Å²) in [6, 6.07) is 8.14. The van der Waals surface area contributed by atoms with Gasteiger partial charge < -0.3 is 5.11 Å². The zero-order chi connectivity index (χ0) is 12.7. The average molecular weight is 451 g/mol. The molecule has 2 heterocycles. The summed E-state index contributed by atoms with van der Waals surface area (Å²) in [6.07, 6.45) is -0.534. The molecular weight excluding hydrogens is 443 g/mol. The second-order valence-corrected chi connectivity index (χ2v) is 8.43. The maximum Gasteiger partial charge on any atom is 0.106 e. The highest BCUT2D eigenvalue weighted by atomic mass is 127. The zero-order valence-electron chi connectivity index (χ0n) is 9.06. The summed E-state index contributed by atoms with van der Waals surface area (Å²) in [5, 5.41) is 15.7. The van der Waals surface area contributed by atoms with Crippen molar-refractivity contribution in [2.75, 3.05) is 0 Å². The third-order valence-corrected chi connectivity index (χ3v) is 6.56. The number of hydrogen-bond donors (Lipinski definition) is 1. The fraction of sp³-hybridized carbons (Fsp3) is 0.0769. The van der Waals surface area contributed by atoms with Crippen LogP contribution in [0.25, 0.3) is 10.1 Å². The second-order valence-electron chi connectivity index (χ2n) is 3.89. The molecule has 0 amide bonds. The minimum atomic E-state index is -0.534. The fourth-order valence-corrected chi connectivity index (χ4v) is 4.93. The Hall–Kier alpha value is 0.0500. The molecule has 0 saturated carbocycles. The maximum atomic E-state index is 10.5. The van der Waals surface area contributed by atoms with Crippen molar-refractivity contribution in [1.82, 2.24) is 0 Å². The van der Waals surface area contributed by atoms with Crippen molar-refractivity contribution in [3.8, 4) is 0 Å². The van der Waals surface area contributed by atoms with Gasteiger partial charge in [0.2, 0.25) is 0 Å². The van der Waals surface area contributed by atoms with Crippen molar-refractivity contribution in [3.05, 3.63) is 53.5 Å². The van der Waals surface area contributed by atoms with Gasteiger partial charge in [-0.3, -0.25) is 0 Å². The quantitative estimate of drug-likeness (QED) is 0.517. The van der Waals surface area contributed by atoms with Gasteiger partial charge in [-0.05, 0) is 72.4 Å². The first-order valence-electron chi connectivity index (χ1n) is 5.24. The smallest absolute Gasteiger partial charge is 0.106 e. The van der Waals surface area contributed by atoms with Crippen LogP contribution in [-0.4, -0.2) is 5.11 Å². The molecule has 3 aromatic rings. The molecule has 0 aliphatic heterocycles. The molecule has 1 nitrogen and oxygen atoms in total. The van der Waals surface area contributed by atoms with Gasteiger partial charge in [0.15, 0.2) is 0 Å². The average Bonchev–Trinajstić information content (AvgIpc) is 2.95. The van der Waals surface area contributed by atoms with E-state index in [1.165, 1.54) is 7.58 Å². The van der Waals surface area contributed by atoms with Crippen molar-refractivity contribution in [1.29, 1.82) is 0 Å². The summed E-state index contributed by atoms with van der Waals surface area (Å²) in [5.41, 5.74) is 1.97. The Kier molecular flexibility index (Phi) is 3.77. The van der Waals surface area contributed by atoms with Crippen molar-refractivity contribution < 1.29 is 5.11 Å². The van der Waals surface area contributed by atoms with Crippen LogP contribution in [0.4, 0.5) is 0 Å². The maximum absolute atomic E-state index is 10.5. The number of aliphatic hydroxyl groups excluding tert-OH is 1. The standard InChI is InChI=1S/C13H8BrIOS2/c14-10-3-1-2-8-9(6-18-13(8)10)12(16)7-4-11(15)17-5-7/h1-6,12,16H. The molecule has 3 rings (SSSR count). The molecule has 0 saturated heterocycles. The molecule has 18 heavy (non-hydrogen) atoms. The predicted octanol–water partition coefficient (Wildman–Crippen LogP) is 5.41. The number of fused-ring (bicyclic) bond motifs is 1. The van der Waals surface area contributed by atoms with Crippen LogP contribution in [0.5, 0.6) is 0 Å². The van der Waals surface area contributed by atoms with Crippen LogP contribution >= 0.6 is 61.2 Å². The van der Waals surface area contributed by atoms with Crippen LogP contribution < -0.4 is 0 Å². The van der Waals surface area contributed by atoms with Crippen LogP contribution in [0.2, 0.25) is 0 Å². The minimum Gasteiger partial charge on any atom is -0.384 e. The Morgan fingerprint density at radius 3 is 2.78 bits per heavy atom. The number of halogens is 2. The lowest BCUT2D eigenvalue weighted by Gasteiger charge is -2.07. The second kappa shape index (κ2) is 5.20. The highest BCUT2D eigenvalue weighted by Crippen LogP contribution is 2.38. The Morgan fingerprint density at radius 2 is 2.06 bits per heavy atom. The lowest BCUT2D eigenvalue weighted by atomic mass is 10.0. The van der Waals surface area contributed by atoms with Gasteiger partial charge in [-0.25, -0.2) is 0 Å². The van der Waals surface area contributed by atoms with Crippen molar-refractivity contribution in [3.63, 3.8) is 0 Å². The molecule has 1 atom stereocenters. The van der Waals surface area contributed by atoms with Gasteiger partial charge in [0.1, 0.15) is 6.10 Å². The molecular formula is C13H8BrIOS2. The highest BCUT2D eigenvalue weighted by Gasteiger charge is 2.17. The summed E-state index contributed by atoms with van der Waals surface area (Å²) < 4.78 is 3.47. The zero-order valence-corrected chi connectivity index (χ0v) is 14.4. The predicted molar refractivity (Wildman–Crippen MR) is 90.6 cm³/mol. The largest absolute Gasteiger partial charge is 0.384 e. The van der Waals surface area contributed by atoms with E-state index in [2.05, 4.69) is 44.6 Å². The monoisotopic (exact) mass is 450 g/mol. The van der Waals surface area contributed by atoms with E-state index < -0.39 is 6.10 Å². The van der Waals surface area contributed by atoms with Crippen molar-refractivity contribution in [2.45, 2.75) is 6.10 Å². The fourth-order valence-electron chi connectivity index (χ4n) is 1.90. The van der Waals surface area contributed by atoms with Crippen LogP contribution in [0.3, 0.4) is 0 Å². The Morgan fingerprint density at radius 1 is 1.22 bits per heavy atom. The van der Waals surface area contributed by atoms with Gasteiger partial charge in [0.25, 0.3) is 0 Å². The molecule has 1 N–H and O–H groups in total. The van der Waals surface area contributed by atoms with Crippen molar-refractivity contribution >= 4 is 71.3 Å². The van der Waals surface area contributed by atoms with E-state index >= 15 is 0 Å². The van der Waals surface area contributed by atoms with Crippen LogP contribution in [0.15, 0.2) is 39.5 Å². The first-order chi connectivity index (χ1) is 8.66. The highest BCUT2D eigenvalue weighted by molar-refractivity contribution is 14.1. The van der Waals surface area contributed by atoms with Crippen LogP contribution in [0.1, 0.15) is 17.2 Å². The van der Waals surface area contributed by atoms with E-state index in [9.17, 15) is 5.11 Å². The van der Waals surface area contributed by atoms with E-state index in [0.717, 1.165) is 21.0 Å². The molecule has 0 bridgehead atoms. The molecule has 0 aliphatic carbocycles. The molecule has 0 aliphatic rings. The Bertz CT molecular complexity index is 704. The number of rotatable bonds is 2. The van der Waals surface area contributed by atoms with Crippen LogP contribution in [-0.2, 0) is 0 Å². The molecule has 92 valence electrons. The third kappa shape index (κ3) is 2.27.